The molecule has 2 N–H and O–H groups in total. The third-order valence-corrected chi connectivity index (χ3v) is 3.82. The summed E-state index contributed by atoms with van der Waals surface area (Å²) >= 11 is 8.13. The van der Waals surface area contributed by atoms with E-state index < -0.39 is 0 Å². The highest BCUT2D eigenvalue weighted by Crippen LogP contribution is 2.43. The van der Waals surface area contributed by atoms with Crippen LogP contribution in [0.2, 0.25) is 5.02 Å². The second kappa shape index (κ2) is 2.86. The van der Waals surface area contributed by atoms with Gasteiger partial charge in [-0.1, -0.05) is 17.7 Å². The second-order valence-electron chi connectivity index (χ2n) is 3.29. The third-order valence-electron chi connectivity index (χ3n) is 2.28. The highest BCUT2D eigenvalue weighted by molar-refractivity contribution is 14.1. The molecule has 3 heteroatoms. The SMILES string of the molecule is NC1(c2ccc(Cl)c(I)c2)CC1. The molecular weight excluding hydrogens is 284 g/mol. The van der Waals surface area contributed by atoms with Crippen molar-refractivity contribution in [2.45, 2.75) is 18.4 Å². The molecule has 1 aromatic rings. The van der Waals surface area contributed by atoms with E-state index in [9.17, 15) is 0 Å². The fourth-order valence-corrected chi connectivity index (χ4v) is 1.86. The highest BCUT2D eigenvalue weighted by atomic mass is 127. The standard InChI is InChI=1S/C9H9ClIN/c10-7-2-1-6(5-8(7)11)9(12)3-4-9/h1-2,5H,3-4,12H2. The van der Waals surface area contributed by atoms with Crippen molar-refractivity contribution in [1.29, 1.82) is 0 Å². The molecule has 0 amide bonds. The lowest BCUT2D eigenvalue weighted by molar-refractivity contribution is 0.739. The van der Waals surface area contributed by atoms with Crippen molar-refractivity contribution in [2.24, 2.45) is 5.73 Å². The van der Waals surface area contributed by atoms with Gasteiger partial charge >= 0.3 is 0 Å². The first kappa shape index (κ1) is 8.78. The molecule has 1 saturated carbocycles. The Morgan fingerprint density at radius 3 is 2.58 bits per heavy atom. The molecule has 0 atom stereocenters. The largest absolute Gasteiger partial charge is 0.321 e. The first-order valence-electron chi connectivity index (χ1n) is 3.86. The van der Waals surface area contributed by atoms with Crippen LogP contribution in [0.1, 0.15) is 18.4 Å². The zero-order chi connectivity index (χ0) is 8.77. The van der Waals surface area contributed by atoms with E-state index in [0.29, 0.717) is 0 Å². The van der Waals surface area contributed by atoms with Crippen LogP contribution in [0, 0.1) is 3.57 Å². The van der Waals surface area contributed by atoms with E-state index in [0.717, 1.165) is 21.4 Å². The Kier molecular flexibility index (Phi) is 2.09. The van der Waals surface area contributed by atoms with Gasteiger partial charge in [0.1, 0.15) is 0 Å². The van der Waals surface area contributed by atoms with Crippen LogP contribution in [0.3, 0.4) is 0 Å². The van der Waals surface area contributed by atoms with Crippen molar-refractivity contribution in [3.63, 3.8) is 0 Å². The molecule has 1 nitrogen and oxygen atoms in total. The number of hydrogen-bond donors (Lipinski definition) is 1. The van der Waals surface area contributed by atoms with Crippen LogP contribution in [-0.2, 0) is 5.54 Å². The van der Waals surface area contributed by atoms with E-state index in [1.54, 1.807) is 0 Å². The first-order valence-corrected chi connectivity index (χ1v) is 5.32. The van der Waals surface area contributed by atoms with Gasteiger partial charge in [-0.15, -0.1) is 0 Å². The second-order valence-corrected chi connectivity index (χ2v) is 4.85. The predicted octanol–water partition coefficient (Wildman–Crippen LogP) is 2.89. The molecule has 0 aliphatic heterocycles. The lowest BCUT2D eigenvalue weighted by Gasteiger charge is -2.09. The molecule has 12 heavy (non-hydrogen) atoms. The van der Waals surface area contributed by atoms with Crippen LogP contribution in [0.4, 0.5) is 0 Å². The van der Waals surface area contributed by atoms with Crippen molar-refractivity contribution in [1.82, 2.24) is 0 Å². The summed E-state index contributed by atoms with van der Waals surface area (Å²) in [6.07, 6.45) is 2.20. The molecular formula is C9H9ClIN. The van der Waals surface area contributed by atoms with Gasteiger partial charge in [0, 0.05) is 9.11 Å². The molecule has 0 radical (unpaired) electrons. The smallest absolute Gasteiger partial charge is 0.0539 e. The summed E-state index contributed by atoms with van der Waals surface area (Å²) in [4.78, 5) is 0. The van der Waals surface area contributed by atoms with Crippen LogP contribution in [0.5, 0.6) is 0 Å². The quantitative estimate of drug-likeness (QED) is 0.792. The van der Waals surface area contributed by atoms with Gasteiger partial charge in [-0.25, -0.2) is 0 Å². The Bertz CT molecular complexity index is 320. The van der Waals surface area contributed by atoms with Gasteiger partial charge in [0.15, 0.2) is 0 Å². The van der Waals surface area contributed by atoms with Gasteiger partial charge < -0.3 is 5.73 Å². The van der Waals surface area contributed by atoms with Crippen LogP contribution in [0.25, 0.3) is 0 Å². The average Bonchev–Trinajstić information content (AvgIpc) is 2.75. The van der Waals surface area contributed by atoms with Gasteiger partial charge in [0.25, 0.3) is 0 Å². The van der Waals surface area contributed by atoms with Gasteiger partial charge in [0.05, 0.1) is 5.02 Å². The summed E-state index contributed by atoms with van der Waals surface area (Å²) < 4.78 is 1.09. The Labute approximate surface area is 90.4 Å². The summed E-state index contributed by atoms with van der Waals surface area (Å²) in [5.41, 5.74) is 7.22. The third kappa shape index (κ3) is 1.47. The number of benzene rings is 1. The van der Waals surface area contributed by atoms with E-state index in [1.165, 1.54) is 5.56 Å². The molecule has 0 spiro atoms. The van der Waals surface area contributed by atoms with Crippen LogP contribution >= 0.6 is 34.2 Å². The maximum atomic E-state index is 6.04. The Balaban J connectivity index is 2.41. The maximum Gasteiger partial charge on any atom is 0.0539 e. The zero-order valence-corrected chi connectivity index (χ0v) is 9.39. The molecule has 2 rings (SSSR count). The van der Waals surface area contributed by atoms with Crippen molar-refractivity contribution in [3.8, 4) is 0 Å². The Morgan fingerprint density at radius 1 is 1.42 bits per heavy atom. The summed E-state index contributed by atoms with van der Waals surface area (Å²) in [5.74, 6) is 0. The van der Waals surface area contributed by atoms with E-state index in [-0.39, 0.29) is 5.54 Å². The number of halogens is 2. The van der Waals surface area contributed by atoms with Crippen LogP contribution in [-0.4, -0.2) is 0 Å². The minimum atomic E-state index is -0.0372. The predicted molar refractivity (Wildman–Crippen MR) is 59.3 cm³/mol. The normalized spacial score (nSPS) is 19.2. The molecule has 1 aromatic carbocycles. The van der Waals surface area contributed by atoms with Crippen LogP contribution in [0.15, 0.2) is 18.2 Å². The van der Waals surface area contributed by atoms with E-state index in [1.807, 2.05) is 12.1 Å². The van der Waals surface area contributed by atoms with Crippen molar-refractivity contribution in [2.75, 3.05) is 0 Å². The monoisotopic (exact) mass is 293 g/mol. The Morgan fingerprint density at radius 2 is 2.08 bits per heavy atom. The lowest BCUT2D eigenvalue weighted by atomic mass is 10.1. The number of hydrogen-bond acceptors (Lipinski definition) is 1. The summed E-state index contributed by atoms with van der Waals surface area (Å²) in [6.45, 7) is 0. The zero-order valence-electron chi connectivity index (χ0n) is 6.48. The molecule has 1 aliphatic carbocycles. The molecule has 0 bridgehead atoms. The molecule has 1 aliphatic rings. The molecule has 64 valence electrons. The van der Waals surface area contributed by atoms with Crippen molar-refractivity contribution in [3.05, 3.63) is 32.4 Å². The first-order chi connectivity index (χ1) is 5.62. The highest BCUT2D eigenvalue weighted by Gasteiger charge is 2.39. The van der Waals surface area contributed by atoms with Crippen molar-refractivity contribution >= 4 is 34.2 Å². The summed E-state index contributed by atoms with van der Waals surface area (Å²) in [6, 6.07) is 6.03. The average molecular weight is 294 g/mol. The fraction of sp³-hybridized carbons (Fsp3) is 0.333. The molecule has 0 heterocycles. The molecule has 1 fully saturated rings. The molecule has 0 aromatic heterocycles. The Hall–Kier alpha value is 0.200. The van der Waals surface area contributed by atoms with Gasteiger partial charge in [-0.05, 0) is 53.1 Å². The maximum absolute atomic E-state index is 6.04. The van der Waals surface area contributed by atoms with Crippen molar-refractivity contribution < 1.29 is 0 Å². The van der Waals surface area contributed by atoms with E-state index in [4.69, 9.17) is 17.3 Å². The fourth-order valence-electron chi connectivity index (χ4n) is 1.23. The minimum absolute atomic E-state index is 0.0372. The lowest BCUT2D eigenvalue weighted by Crippen LogP contribution is -2.18. The van der Waals surface area contributed by atoms with Crippen LogP contribution < -0.4 is 5.73 Å². The summed E-state index contributed by atoms with van der Waals surface area (Å²) in [5, 5.41) is 0.809. The van der Waals surface area contributed by atoms with Gasteiger partial charge in [-0.3, -0.25) is 0 Å². The topological polar surface area (TPSA) is 26.0 Å². The van der Waals surface area contributed by atoms with Gasteiger partial charge in [-0.2, -0.15) is 0 Å². The number of rotatable bonds is 1. The minimum Gasteiger partial charge on any atom is -0.321 e. The number of nitrogens with two attached hydrogens (primary N) is 1. The van der Waals surface area contributed by atoms with Gasteiger partial charge in [0.2, 0.25) is 0 Å². The van der Waals surface area contributed by atoms with E-state index >= 15 is 0 Å². The molecule has 0 saturated heterocycles. The molecule has 0 unspecified atom stereocenters. The van der Waals surface area contributed by atoms with E-state index in [2.05, 4.69) is 28.7 Å². The summed E-state index contributed by atoms with van der Waals surface area (Å²) in [7, 11) is 0.